The molecule has 0 saturated heterocycles. The van der Waals surface area contributed by atoms with Crippen molar-refractivity contribution in [2.24, 2.45) is 17.8 Å². The maximum absolute atomic E-state index is 13.5. The maximum Gasteiger partial charge on any atom is 0.333 e. The summed E-state index contributed by atoms with van der Waals surface area (Å²) in [6, 6.07) is 4.36. The van der Waals surface area contributed by atoms with E-state index in [0.29, 0.717) is 24.0 Å². The highest BCUT2D eigenvalue weighted by Crippen LogP contribution is 2.44. The minimum Gasteiger partial charge on any atom is -0.462 e. The van der Waals surface area contributed by atoms with E-state index >= 15 is 0 Å². The molecular formula is C23H30F2O2. The van der Waals surface area contributed by atoms with E-state index in [9.17, 15) is 13.6 Å². The maximum atomic E-state index is 13.5. The third-order valence-corrected chi connectivity index (χ3v) is 6.54. The average Bonchev–Trinajstić information content (AvgIpc) is 2.68. The van der Waals surface area contributed by atoms with Gasteiger partial charge in [-0.15, -0.1) is 0 Å². The molecule has 0 amide bonds. The molecule has 2 aliphatic carbocycles. The van der Waals surface area contributed by atoms with Crippen molar-refractivity contribution >= 4 is 5.97 Å². The molecule has 0 unspecified atom stereocenters. The smallest absolute Gasteiger partial charge is 0.333 e. The van der Waals surface area contributed by atoms with Crippen LogP contribution in [-0.4, -0.2) is 12.6 Å². The van der Waals surface area contributed by atoms with Crippen LogP contribution >= 0.6 is 0 Å². The van der Waals surface area contributed by atoms with Crippen molar-refractivity contribution in [1.82, 2.24) is 0 Å². The molecule has 148 valence electrons. The first-order valence-corrected chi connectivity index (χ1v) is 10.2. The van der Waals surface area contributed by atoms with Gasteiger partial charge in [-0.05, 0) is 99.7 Å². The summed E-state index contributed by atoms with van der Waals surface area (Å²) >= 11 is 0. The lowest BCUT2D eigenvalue weighted by atomic mass is 9.68. The number of rotatable bonds is 5. The number of esters is 1. The molecule has 27 heavy (non-hydrogen) atoms. The SMILES string of the molecule is C=C(C)C(=O)OCC1CCC(C2CCC(c3ccc(F)c(F)c3)CC2)CC1. The highest BCUT2D eigenvalue weighted by Gasteiger charge is 2.31. The number of carbonyl (C=O) groups is 1. The number of benzene rings is 1. The van der Waals surface area contributed by atoms with Crippen molar-refractivity contribution in [3.8, 4) is 0 Å². The molecule has 1 aromatic rings. The van der Waals surface area contributed by atoms with Gasteiger partial charge in [-0.25, -0.2) is 13.6 Å². The Kier molecular flexibility index (Phi) is 6.67. The Labute approximate surface area is 161 Å². The van der Waals surface area contributed by atoms with Crippen molar-refractivity contribution in [2.45, 2.75) is 64.2 Å². The molecule has 0 radical (unpaired) electrons. The van der Waals surface area contributed by atoms with Gasteiger partial charge < -0.3 is 4.74 Å². The van der Waals surface area contributed by atoms with Crippen molar-refractivity contribution in [3.63, 3.8) is 0 Å². The molecule has 0 spiro atoms. The summed E-state index contributed by atoms with van der Waals surface area (Å²) in [6.07, 6.45) is 9.12. The zero-order valence-electron chi connectivity index (χ0n) is 16.2. The zero-order valence-corrected chi connectivity index (χ0v) is 16.2. The number of carbonyl (C=O) groups excluding carboxylic acids is 1. The summed E-state index contributed by atoms with van der Waals surface area (Å²) in [5.41, 5.74) is 1.40. The zero-order chi connectivity index (χ0) is 19.4. The van der Waals surface area contributed by atoms with E-state index in [1.54, 1.807) is 13.0 Å². The Morgan fingerprint density at radius 3 is 2.15 bits per heavy atom. The monoisotopic (exact) mass is 376 g/mol. The Morgan fingerprint density at radius 2 is 1.59 bits per heavy atom. The molecule has 1 aromatic carbocycles. The van der Waals surface area contributed by atoms with Crippen LogP contribution in [-0.2, 0) is 9.53 Å². The van der Waals surface area contributed by atoms with Gasteiger partial charge in [-0.3, -0.25) is 0 Å². The standard InChI is InChI=1S/C23H30F2O2/c1-15(2)23(26)27-14-16-3-5-17(6-4-16)18-7-9-19(10-8-18)20-11-12-21(24)22(25)13-20/h11-13,16-19H,1,3-10,14H2,2H3. The van der Waals surface area contributed by atoms with Gasteiger partial charge >= 0.3 is 5.97 Å². The van der Waals surface area contributed by atoms with E-state index in [1.165, 1.54) is 37.8 Å². The largest absolute Gasteiger partial charge is 0.462 e. The Hall–Kier alpha value is -1.71. The van der Waals surface area contributed by atoms with Crippen molar-refractivity contribution in [2.75, 3.05) is 6.61 Å². The second kappa shape index (κ2) is 8.99. The molecule has 2 aliphatic rings. The van der Waals surface area contributed by atoms with Gasteiger partial charge in [0.25, 0.3) is 0 Å². The highest BCUT2D eigenvalue weighted by atomic mass is 19.2. The van der Waals surface area contributed by atoms with Gasteiger partial charge in [0.05, 0.1) is 6.61 Å². The normalized spacial score (nSPS) is 28.6. The van der Waals surface area contributed by atoms with Gasteiger partial charge in [0.1, 0.15) is 0 Å². The fourth-order valence-corrected chi connectivity index (χ4v) is 4.83. The summed E-state index contributed by atoms with van der Waals surface area (Å²) < 4.78 is 31.9. The van der Waals surface area contributed by atoms with Crippen molar-refractivity contribution in [1.29, 1.82) is 0 Å². The van der Waals surface area contributed by atoms with Crippen LogP contribution in [0.4, 0.5) is 8.78 Å². The lowest BCUT2D eigenvalue weighted by Crippen LogP contribution is -2.27. The molecule has 0 bridgehead atoms. The number of ether oxygens (including phenoxy) is 1. The van der Waals surface area contributed by atoms with Crippen LogP contribution in [0.15, 0.2) is 30.4 Å². The van der Waals surface area contributed by atoms with Crippen LogP contribution < -0.4 is 0 Å². The van der Waals surface area contributed by atoms with Crippen LogP contribution in [0.25, 0.3) is 0 Å². The Morgan fingerprint density at radius 1 is 1.00 bits per heavy atom. The average molecular weight is 376 g/mol. The molecule has 0 atom stereocenters. The van der Waals surface area contributed by atoms with Gasteiger partial charge in [0, 0.05) is 5.57 Å². The van der Waals surface area contributed by atoms with Crippen LogP contribution in [0.5, 0.6) is 0 Å². The van der Waals surface area contributed by atoms with Crippen molar-refractivity contribution in [3.05, 3.63) is 47.5 Å². The number of hydrogen-bond acceptors (Lipinski definition) is 2. The lowest BCUT2D eigenvalue weighted by molar-refractivity contribution is -0.140. The van der Waals surface area contributed by atoms with E-state index < -0.39 is 11.6 Å². The fraction of sp³-hybridized carbons (Fsp3) is 0.609. The molecule has 0 aliphatic heterocycles. The Balaban J connectivity index is 1.42. The van der Waals surface area contributed by atoms with E-state index in [0.717, 1.165) is 43.1 Å². The van der Waals surface area contributed by atoms with Crippen LogP contribution in [0.3, 0.4) is 0 Å². The highest BCUT2D eigenvalue weighted by molar-refractivity contribution is 5.86. The van der Waals surface area contributed by atoms with Gasteiger partial charge in [0.2, 0.25) is 0 Å². The quantitative estimate of drug-likeness (QED) is 0.454. The molecule has 2 fully saturated rings. The minimum absolute atomic E-state index is 0.285. The van der Waals surface area contributed by atoms with Crippen LogP contribution in [0.1, 0.15) is 69.8 Å². The summed E-state index contributed by atoms with van der Waals surface area (Å²) in [5, 5.41) is 0. The second-order valence-corrected chi connectivity index (χ2v) is 8.44. The predicted molar refractivity (Wildman–Crippen MR) is 102 cm³/mol. The molecule has 0 N–H and O–H groups in total. The molecule has 2 saturated carbocycles. The van der Waals surface area contributed by atoms with E-state index in [-0.39, 0.29) is 5.97 Å². The molecule has 2 nitrogen and oxygen atoms in total. The predicted octanol–water partition coefficient (Wildman–Crippen LogP) is 6.16. The van der Waals surface area contributed by atoms with E-state index in [2.05, 4.69) is 6.58 Å². The summed E-state index contributed by atoms with van der Waals surface area (Å²) in [7, 11) is 0. The molecular weight excluding hydrogens is 346 g/mol. The fourth-order valence-electron chi connectivity index (χ4n) is 4.83. The van der Waals surface area contributed by atoms with E-state index in [1.807, 2.05) is 0 Å². The first-order valence-electron chi connectivity index (χ1n) is 10.2. The second-order valence-electron chi connectivity index (χ2n) is 8.44. The molecule has 0 aromatic heterocycles. The summed E-state index contributed by atoms with van der Waals surface area (Å²) in [5.74, 6) is 0.540. The third kappa shape index (κ3) is 5.18. The minimum atomic E-state index is -0.766. The van der Waals surface area contributed by atoms with Crippen molar-refractivity contribution < 1.29 is 18.3 Å². The summed E-state index contributed by atoms with van der Waals surface area (Å²) in [4.78, 5) is 11.5. The molecule has 3 rings (SSSR count). The van der Waals surface area contributed by atoms with E-state index in [4.69, 9.17) is 4.74 Å². The van der Waals surface area contributed by atoms with Gasteiger partial charge in [-0.2, -0.15) is 0 Å². The number of hydrogen-bond donors (Lipinski definition) is 0. The van der Waals surface area contributed by atoms with Crippen LogP contribution in [0.2, 0.25) is 0 Å². The third-order valence-electron chi connectivity index (χ3n) is 6.54. The molecule has 4 heteroatoms. The molecule has 0 heterocycles. The lowest BCUT2D eigenvalue weighted by Gasteiger charge is -2.38. The first-order chi connectivity index (χ1) is 12.9. The Bertz CT molecular complexity index is 669. The van der Waals surface area contributed by atoms with Crippen LogP contribution in [0, 0.1) is 29.4 Å². The first kappa shape index (κ1) is 20.0. The van der Waals surface area contributed by atoms with Gasteiger partial charge in [0.15, 0.2) is 11.6 Å². The summed E-state index contributed by atoms with van der Waals surface area (Å²) in [6.45, 7) is 5.81. The van der Waals surface area contributed by atoms with Gasteiger partial charge in [-0.1, -0.05) is 12.6 Å². The number of halogens is 2. The topological polar surface area (TPSA) is 26.3 Å².